The lowest BCUT2D eigenvalue weighted by molar-refractivity contribution is -0.931. The highest BCUT2D eigenvalue weighted by Gasteiger charge is 2.56. The van der Waals surface area contributed by atoms with E-state index < -0.39 is 11.6 Å². The molecule has 0 aliphatic carbocycles. The molecule has 0 spiro atoms. The van der Waals surface area contributed by atoms with Gasteiger partial charge >= 0.3 is 5.97 Å². The molecule has 154 valence electrons. The number of hydrogen-bond acceptors (Lipinski definition) is 4. The summed E-state index contributed by atoms with van der Waals surface area (Å²) in [6.45, 7) is 0. The van der Waals surface area contributed by atoms with Crippen molar-refractivity contribution >= 4 is 5.97 Å². The maximum absolute atomic E-state index is 13.5. The highest BCUT2D eigenvalue weighted by molar-refractivity contribution is 5.88. The molecule has 0 aromatic heterocycles. The maximum atomic E-state index is 13.5. The van der Waals surface area contributed by atoms with Gasteiger partial charge < -0.3 is 36.0 Å². The molecule has 6 heteroatoms. The van der Waals surface area contributed by atoms with Crippen molar-refractivity contribution in [1.29, 1.82) is 0 Å². The van der Waals surface area contributed by atoms with Crippen LogP contribution in [0.4, 0.5) is 0 Å². The zero-order valence-corrected chi connectivity index (χ0v) is 18.3. The highest BCUT2D eigenvalue weighted by Crippen LogP contribution is 2.48. The fourth-order valence-electron chi connectivity index (χ4n) is 5.47. The van der Waals surface area contributed by atoms with E-state index in [0.717, 1.165) is 17.3 Å². The van der Waals surface area contributed by atoms with Crippen LogP contribution < -0.4 is 21.7 Å². The number of fused-ring (bicyclic) bond motifs is 4. The van der Waals surface area contributed by atoms with Crippen LogP contribution in [0.5, 0.6) is 11.5 Å². The Labute approximate surface area is 181 Å². The van der Waals surface area contributed by atoms with E-state index >= 15 is 0 Å². The van der Waals surface area contributed by atoms with Crippen LogP contribution in [0.2, 0.25) is 0 Å². The minimum Gasteiger partial charge on any atom is -1.00 e. The van der Waals surface area contributed by atoms with E-state index in [-0.39, 0.29) is 29.1 Å². The summed E-state index contributed by atoms with van der Waals surface area (Å²) in [4.78, 5) is 13.5. The number of quaternary nitrogens is 1. The van der Waals surface area contributed by atoms with Gasteiger partial charge in [-0.3, -0.25) is 0 Å². The SMILES string of the molecule is C[N+]1(C)C2CCC[C@@H]1C(OC(=O)C1(O)c3ccccc3Oc3ccccc31)C2.[Br-]. The Hall–Kier alpha value is -1.89. The van der Waals surface area contributed by atoms with Crippen LogP contribution in [0, 0.1) is 0 Å². The van der Waals surface area contributed by atoms with E-state index in [9.17, 15) is 9.90 Å². The second kappa shape index (κ2) is 7.11. The molecule has 3 aliphatic heterocycles. The van der Waals surface area contributed by atoms with Crippen molar-refractivity contribution in [3.63, 3.8) is 0 Å². The molecule has 3 atom stereocenters. The largest absolute Gasteiger partial charge is 1.00 e. The number of esters is 1. The van der Waals surface area contributed by atoms with Crippen LogP contribution in [-0.4, -0.2) is 47.8 Å². The fourth-order valence-corrected chi connectivity index (χ4v) is 5.47. The van der Waals surface area contributed by atoms with Crippen molar-refractivity contribution in [3.8, 4) is 11.5 Å². The Balaban J connectivity index is 0.00000205. The smallest absolute Gasteiger partial charge is 0.348 e. The third kappa shape index (κ3) is 2.92. The van der Waals surface area contributed by atoms with Crippen LogP contribution >= 0.6 is 0 Å². The number of hydrogen-bond donors (Lipinski definition) is 1. The van der Waals surface area contributed by atoms with Gasteiger partial charge in [-0.1, -0.05) is 36.4 Å². The first-order valence-electron chi connectivity index (χ1n) is 10.1. The lowest BCUT2D eigenvalue weighted by Crippen LogP contribution is -3.00. The first kappa shape index (κ1) is 20.4. The van der Waals surface area contributed by atoms with Gasteiger partial charge in [0.15, 0.2) is 6.10 Å². The summed E-state index contributed by atoms with van der Waals surface area (Å²) in [7, 11) is 4.46. The van der Waals surface area contributed by atoms with E-state index in [1.807, 2.05) is 12.1 Å². The standard InChI is InChI=1S/C23H26NO4.BrH/c1-24(2)15-8-7-11-18(24)21(14-15)28-22(25)23(26)16-9-3-5-12-19(16)27-20-13-6-4-10-17(20)23;/h3-6,9-10,12-13,15,18,21,26H,7-8,11,14H2,1-2H3;1H/q+1;/p-1/t15?,18-,21?;/m1./s1. The molecule has 5 rings (SSSR count). The minimum absolute atomic E-state index is 0. The maximum Gasteiger partial charge on any atom is 0.348 e. The fraction of sp³-hybridized carbons (Fsp3) is 0.435. The summed E-state index contributed by atoms with van der Waals surface area (Å²) in [6, 6.07) is 15.1. The van der Waals surface area contributed by atoms with Crippen molar-refractivity contribution in [2.75, 3.05) is 14.1 Å². The summed E-state index contributed by atoms with van der Waals surface area (Å²) >= 11 is 0. The second-order valence-electron chi connectivity index (χ2n) is 8.77. The number of rotatable bonds is 2. The van der Waals surface area contributed by atoms with Gasteiger partial charge in [-0.25, -0.2) is 4.79 Å². The van der Waals surface area contributed by atoms with Gasteiger partial charge in [0, 0.05) is 24.0 Å². The quantitative estimate of drug-likeness (QED) is 0.519. The predicted octanol–water partition coefficient (Wildman–Crippen LogP) is 0.345. The average Bonchev–Trinajstić information content (AvgIpc) is 2.83. The molecular weight excluding hydrogens is 434 g/mol. The van der Waals surface area contributed by atoms with Gasteiger partial charge in [0.05, 0.1) is 20.1 Å². The van der Waals surface area contributed by atoms with Crippen molar-refractivity contribution in [3.05, 3.63) is 59.7 Å². The number of carbonyl (C=O) groups excluding carboxylic acids is 1. The summed E-state index contributed by atoms with van der Waals surface area (Å²) < 4.78 is 12.9. The Bertz CT molecular complexity index is 898. The van der Waals surface area contributed by atoms with Gasteiger partial charge in [-0.15, -0.1) is 0 Å². The molecule has 3 heterocycles. The van der Waals surface area contributed by atoms with Crippen LogP contribution in [0.1, 0.15) is 36.8 Å². The van der Waals surface area contributed by atoms with Crippen molar-refractivity contribution in [2.45, 2.75) is 49.5 Å². The number of aliphatic hydroxyl groups is 1. The Morgan fingerprint density at radius 1 is 1.07 bits per heavy atom. The van der Waals surface area contributed by atoms with Crippen molar-refractivity contribution in [1.82, 2.24) is 0 Å². The average molecular weight is 460 g/mol. The van der Waals surface area contributed by atoms with E-state index in [1.54, 1.807) is 36.4 Å². The van der Waals surface area contributed by atoms with Gasteiger partial charge in [-0.2, -0.15) is 0 Å². The van der Waals surface area contributed by atoms with Gasteiger partial charge in [0.25, 0.3) is 0 Å². The molecule has 0 saturated carbocycles. The second-order valence-corrected chi connectivity index (χ2v) is 8.77. The number of likely N-dealkylation sites (N-methyl/N-ethyl adjacent to an activating group) is 1. The third-order valence-electron chi connectivity index (χ3n) is 7.09. The summed E-state index contributed by atoms with van der Waals surface area (Å²) in [5.74, 6) is 0.372. The molecule has 2 aromatic carbocycles. The molecular formula is C23H26BrNO4. The molecule has 2 aromatic rings. The first-order valence-corrected chi connectivity index (χ1v) is 10.1. The number of nitrogens with zero attached hydrogens (tertiary/aromatic N) is 1. The van der Waals surface area contributed by atoms with Crippen LogP contribution in [0.15, 0.2) is 48.5 Å². The summed E-state index contributed by atoms with van der Waals surface area (Å²) in [5.41, 5.74) is -0.985. The topological polar surface area (TPSA) is 55.8 Å². The number of carbonyl (C=O) groups is 1. The normalized spacial score (nSPS) is 27.6. The molecule has 1 N–H and O–H groups in total. The van der Waals surface area contributed by atoms with E-state index in [0.29, 0.717) is 28.7 Å². The molecule has 5 nitrogen and oxygen atoms in total. The summed E-state index contributed by atoms with van der Waals surface area (Å²) in [6.07, 6.45) is 4.09. The van der Waals surface area contributed by atoms with E-state index in [2.05, 4.69) is 14.1 Å². The zero-order chi connectivity index (χ0) is 19.5. The number of benzene rings is 2. The molecule has 0 amide bonds. The number of piperidine rings is 1. The first-order chi connectivity index (χ1) is 13.4. The van der Waals surface area contributed by atoms with Crippen LogP contribution in [0.3, 0.4) is 0 Å². The van der Waals surface area contributed by atoms with Crippen LogP contribution in [-0.2, 0) is 15.1 Å². The molecule has 2 unspecified atom stereocenters. The zero-order valence-electron chi connectivity index (χ0n) is 16.7. The van der Waals surface area contributed by atoms with Gasteiger partial charge in [0.2, 0.25) is 5.60 Å². The minimum atomic E-state index is -1.86. The van der Waals surface area contributed by atoms with E-state index in [4.69, 9.17) is 9.47 Å². The Morgan fingerprint density at radius 2 is 1.66 bits per heavy atom. The lowest BCUT2D eigenvalue weighted by Gasteiger charge is -2.41. The number of para-hydroxylation sites is 2. The third-order valence-corrected chi connectivity index (χ3v) is 7.09. The Morgan fingerprint density at radius 3 is 2.24 bits per heavy atom. The molecule has 2 fully saturated rings. The summed E-state index contributed by atoms with van der Waals surface area (Å²) in [5, 5.41) is 11.7. The van der Waals surface area contributed by atoms with Gasteiger partial charge in [0.1, 0.15) is 17.5 Å². The monoisotopic (exact) mass is 459 g/mol. The predicted molar refractivity (Wildman–Crippen MR) is 104 cm³/mol. The lowest BCUT2D eigenvalue weighted by atomic mass is 9.83. The molecule has 2 bridgehead atoms. The molecule has 3 aliphatic rings. The number of ether oxygens (including phenoxy) is 2. The van der Waals surface area contributed by atoms with Crippen LogP contribution in [0.25, 0.3) is 0 Å². The molecule has 0 radical (unpaired) electrons. The van der Waals surface area contributed by atoms with Gasteiger partial charge in [-0.05, 0) is 25.0 Å². The van der Waals surface area contributed by atoms with E-state index in [1.165, 1.54) is 12.8 Å². The highest BCUT2D eigenvalue weighted by atomic mass is 79.9. The van der Waals surface area contributed by atoms with Crippen molar-refractivity contribution in [2.24, 2.45) is 0 Å². The van der Waals surface area contributed by atoms with Crippen molar-refractivity contribution < 1.29 is 40.8 Å². The molecule has 2 saturated heterocycles. The Kier molecular flexibility index (Phi) is 5.00. The molecule has 29 heavy (non-hydrogen) atoms. The number of halogens is 1.